The summed E-state index contributed by atoms with van der Waals surface area (Å²) in [5.74, 6) is -0.659. The van der Waals surface area contributed by atoms with E-state index in [0.29, 0.717) is 29.4 Å². The Hall–Kier alpha value is -3.28. The Kier molecular flexibility index (Phi) is 6.17. The zero-order valence-corrected chi connectivity index (χ0v) is 13.9. The monoisotopic (exact) mass is 340 g/mol. The maximum absolute atomic E-state index is 12.3. The first kappa shape index (κ1) is 18.1. The molecule has 0 aliphatic rings. The van der Waals surface area contributed by atoms with Gasteiger partial charge in [0.15, 0.2) is 5.78 Å². The molecular weight excluding hydrogens is 322 g/mol. The molecule has 0 amide bonds. The Morgan fingerprint density at radius 3 is 2.16 bits per heavy atom. The SMILES string of the molecule is CCOc1ccc(C(=O)/C=C(\Nc2ccc(OC)cc2)C(=O)[O-])cc1. The van der Waals surface area contributed by atoms with Crippen molar-refractivity contribution < 1.29 is 24.2 Å². The largest absolute Gasteiger partial charge is 0.543 e. The predicted molar refractivity (Wildman–Crippen MR) is 91.6 cm³/mol. The van der Waals surface area contributed by atoms with E-state index in [-0.39, 0.29) is 5.70 Å². The molecule has 0 heterocycles. The van der Waals surface area contributed by atoms with Gasteiger partial charge in [-0.15, -0.1) is 0 Å². The summed E-state index contributed by atoms with van der Waals surface area (Å²) in [6.07, 6.45) is 0.995. The van der Waals surface area contributed by atoms with Gasteiger partial charge >= 0.3 is 0 Å². The second-order valence-electron chi connectivity index (χ2n) is 5.02. The number of carboxylic acid groups (broad SMARTS) is 1. The molecule has 0 saturated carbocycles. The van der Waals surface area contributed by atoms with Gasteiger partial charge in [-0.1, -0.05) is 0 Å². The lowest BCUT2D eigenvalue weighted by molar-refractivity contribution is -0.299. The molecule has 1 N–H and O–H groups in total. The number of ketones is 1. The Labute approximate surface area is 145 Å². The van der Waals surface area contributed by atoms with Crippen LogP contribution >= 0.6 is 0 Å². The van der Waals surface area contributed by atoms with Crippen LogP contribution in [0, 0.1) is 0 Å². The molecule has 0 bridgehead atoms. The molecule has 0 saturated heterocycles. The quantitative estimate of drug-likeness (QED) is 0.584. The Bertz CT molecular complexity index is 763. The number of nitrogens with one attached hydrogen (secondary N) is 1. The minimum atomic E-state index is -1.48. The minimum absolute atomic E-state index is 0.330. The molecule has 0 aromatic heterocycles. The second-order valence-corrected chi connectivity index (χ2v) is 5.02. The number of benzene rings is 2. The highest BCUT2D eigenvalue weighted by Crippen LogP contribution is 2.17. The minimum Gasteiger partial charge on any atom is -0.543 e. The van der Waals surface area contributed by atoms with Gasteiger partial charge in [0.1, 0.15) is 11.5 Å². The molecule has 6 heteroatoms. The first-order chi connectivity index (χ1) is 12.0. The summed E-state index contributed by atoms with van der Waals surface area (Å²) in [5, 5.41) is 14.0. The summed E-state index contributed by atoms with van der Waals surface area (Å²) in [6, 6.07) is 13.1. The fraction of sp³-hybridized carbons (Fsp3) is 0.158. The molecular formula is C19H18NO5-. The number of ether oxygens (including phenoxy) is 2. The van der Waals surface area contributed by atoms with Gasteiger partial charge in [-0.2, -0.15) is 0 Å². The summed E-state index contributed by atoms with van der Waals surface area (Å²) in [7, 11) is 1.53. The number of hydrogen-bond acceptors (Lipinski definition) is 6. The number of carbonyl (C=O) groups is 2. The standard InChI is InChI=1S/C19H19NO5/c1-3-25-16-8-4-13(5-9-16)18(21)12-17(19(22)23)20-14-6-10-15(24-2)11-7-14/h4-12,20H,3H2,1-2H3,(H,22,23)/p-1/b17-12-. The van der Waals surface area contributed by atoms with Crippen molar-refractivity contribution in [3.8, 4) is 11.5 Å². The topological polar surface area (TPSA) is 87.7 Å². The van der Waals surface area contributed by atoms with Gasteiger partial charge in [0, 0.05) is 17.3 Å². The lowest BCUT2D eigenvalue weighted by Crippen LogP contribution is -2.29. The zero-order valence-electron chi connectivity index (χ0n) is 13.9. The Balaban J connectivity index is 2.17. The van der Waals surface area contributed by atoms with Crippen LogP contribution in [0.1, 0.15) is 17.3 Å². The number of carboxylic acids is 1. The van der Waals surface area contributed by atoms with Crippen molar-refractivity contribution in [1.29, 1.82) is 0 Å². The van der Waals surface area contributed by atoms with E-state index in [1.54, 1.807) is 48.5 Å². The van der Waals surface area contributed by atoms with Crippen LogP contribution in [-0.2, 0) is 4.79 Å². The average Bonchev–Trinajstić information content (AvgIpc) is 2.62. The number of hydrogen-bond donors (Lipinski definition) is 1. The normalized spacial score (nSPS) is 10.9. The van der Waals surface area contributed by atoms with E-state index in [0.717, 1.165) is 6.08 Å². The predicted octanol–water partition coefficient (Wildman–Crippen LogP) is 2.02. The lowest BCUT2D eigenvalue weighted by atomic mass is 10.1. The van der Waals surface area contributed by atoms with Crippen LogP contribution in [0.2, 0.25) is 0 Å². The summed E-state index contributed by atoms with van der Waals surface area (Å²) in [5.41, 5.74) is 0.513. The number of carbonyl (C=O) groups excluding carboxylic acids is 2. The van der Waals surface area contributed by atoms with Gasteiger partial charge in [0.2, 0.25) is 0 Å². The van der Waals surface area contributed by atoms with Gasteiger partial charge in [0.25, 0.3) is 0 Å². The maximum atomic E-state index is 12.3. The smallest absolute Gasteiger partial charge is 0.187 e. The van der Waals surface area contributed by atoms with Crippen LogP contribution in [0.25, 0.3) is 0 Å². The van der Waals surface area contributed by atoms with Crippen molar-refractivity contribution in [2.75, 3.05) is 19.0 Å². The van der Waals surface area contributed by atoms with Crippen molar-refractivity contribution >= 4 is 17.4 Å². The van der Waals surface area contributed by atoms with Crippen LogP contribution in [-0.4, -0.2) is 25.5 Å². The first-order valence-corrected chi connectivity index (χ1v) is 7.64. The molecule has 0 atom stereocenters. The molecule has 25 heavy (non-hydrogen) atoms. The summed E-state index contributed by atoms with van der Waals surface area (Å²) >= 11 is 0. The van der Waals surface area contributed by atoms with E-state index in [1.807, 2.05) is 6.92 Å². The third-order valence-electron chi connectivity index (χ3n) is 3.31. The van der Waals surface area contributed by atoms with E-state index in [9.17, 15) is 14.7 Å². The van der Waals surface area contributed by atoms with Crippen molar-refractivity contribution in [3.63, 3.8) is 0 Å². The first-order valence-electron chi connectivity index (χ1n) is 7.64. The molecule has 0 aliphatic carbocycles. The van der Waals surface area contributed by atoms with Crippen molar-refractivity contribution in [2.45, 2.75) is 6.92 Å². The van der Waals surface area contributed by atoms with Crippen LogP contribution < -0.4 is 19.9 Å². The van der Waals surface area contributed by atoms with Crippen LogP contribution in [0.3, 0.4) is 0 Å². The van der Waals surface area contributed by atoms with Gasteiger partial charge in [-0.05, 0) is 55.5 Å². The summed E-state index contributed by atoms with van der Waals surface area (Å²) in [4.78, 5) is 23.5. The van der Waals surface area contributed by atoms with E-state index in [4.69, 9.17) is 9.47 Å². The van der Waals surface area contributed by atoms with E-state index < -0.39 is 11.8 Å². The number of methoxy groups -OCH3 is 1. The van der Waals surface area contributed by atoms with Crippen molar-refractivity contribution in [1.82, 2.24) is 0 Å². The molecule has 0 radical (unpaired) electrons. The highest BCUT2D eigenvalue weighted by atomic mass is 16.5. The van der Waals surface area contributed by atoms with Gasteiger partial charge in [-0.25, -0.2) is 0 Å². The van der Waals surface area contributed by atoms with Crippen LogP contribution in [0.15, 0.2) is 60.3 Å². The van der Waals surface area contributed by atoms with E-state index in [2.05, 4.69) is 5.32 Å². The average molecular weight is 340 g/mol. The van der Waals surface area contributed by atoms with E-state index in [1.165, 1.54) is 7.11 Å². The van der Waals surface area contributed by atoms with Gasteiger partial charge in [0.05, 0.1) is 25.4 Å². The molecule has 2 aromatic carbocycles. The molecule has 130 valence electrons. The highest BCUT2D eigenvalue weighted by molar-refractivity contribution is 6.09. The van der Waals surface area contributed by atoms with Gasteiger partial charge in [-0.3, -0.25) is 4.79 Å². The van der Waals surface area contributed by atoms with Crippen LogP contribution in [0.5, 0.6) is 11.5 Å². The molecule has 0 fully saturated rings. The van der Waals surface area contributed by atoms with Gasteiger partial charge < -0.3 is 24.7 Å². The van der Waals surface area contributed by atoms with Crippen LogP contribution in [0.4, 0.5) is 5.69 Å². The molecule has 0 unspecified atom stereocenters. The summed E-state index contributed by atoms with van der Waals surface area (Å²) < 4.78 is 10.3. The number of allylic oxidation sites excluding steroid dienone is 1. The fourth-order valence-corrected chi connectivity index (χ4v) is 2.07. The van der Waals surface area contributed by atoms with E-state index >= 15 is 0 Å². The maximum Gasteiger partial charge on any atom is 0.187 e. The number of aliphatic carboxylic acids is 1. The van der Waals surface area contributed by atoms with Crippen molar-refractivity contribution in [2.24, 2.45) is 0 Å². The second kappa shape index (κ2) is 8.54. The lowest BCUT2D eigenvalue weighted by Gasteiger charge is -2.12. The summed E-state index contributed by atoms with van der Waals surface area (Å²) in [6.45, 7) is 2.38. The highest BCUT2D eigenvalue weighted by Gasteiger charge is 2.07. The third kappa shape index (κ3) is 5.10. The number of rotatable bonds is 8. The van der Waals surface area contributed by atoms with Crippen molar-refractivity contribution in [3.05, 3.63) is 65.9 Å². The Morgan fingerprint density at radius 2 is 1.64 bits per heavy atom. The third-order valence-corrected chi connectivity index (χ3v) is 3.31. The number of anilines is 1. The molecule has 6 nitrogen and oxygen atoms in total. The molecule has 2 aromatic rings. The molecule has 2 rings (SSSR count). The Morgan fingerprint density at radius 1 is 1.04 bits per heavy atom. The zero-order chi connectivity index (χ0) is 18.2. The molecule has 0 aliphatic heterocycles. The molecule has 0 spiro atoms. The fourth-order valence-electron chi connectivity index (χ4n) is 2.07.